The molecule has 0 aliphatic carbocycles. The second-order valence-corrected chi connectivity index (χ2v) is 3.47. The van der Waals surface area contributed by atoms with Gasteiger partial charge in [0, 0.05) is 18.8 Å². The Kier molecular flexibility index (Phi) is 3.74. The van der Waals surface area contributed by atoms with Crippen LogP contribution in [-0.2, 0) is 17.8 Å². The zero-order chi connectivity index (χ0) is 11.9. The van der Waals surface area contributed by atoms with E-state index in [0.29, 0.717) is 25.2 Å². The Morgan fingerprint density at radius 1 is 1.47 bits per heavy atom. The first-order valence-electron chi connectivity index (χ1n) is 5.22. The lowest BCUT2D eigenvalue weighted by Crippen LogP contribution is -2.23. The number of carbonyl (C=O) groups excluding carboxylic acids is 1. The van der Waals surface area contributed by atoms with Crippen molar-refractivity contribution in [2.45, 2.75) is 19.4 Å². The van der Waals surface area contributed by atoms with Crippen LogP contribution in [0.3, 0.4) is 0 Å². The Bertz CT molecular complexity index is 455. The third-order valence-corrected chi connectivity index (χ3v) is 2.20. The molecule has 7 heteroatoms. The van der Waals surface area contributed by atoms with Crippen molar-refractivity contribution in [3.05, 3.63) is 35.9 Å². The summed E-state index contributed by atoms with van der Waals surface area (Å²) in [6.45, 7) is 0.294. The van der Waals surface area contributed by atoms with E-state index in [1.165, 1.54) is 0 Å². The zero-order valence-electron chi connectivity index (χ0n) is 9.13. The summed E-state index contributed by atoms with van der Waals surface area (Å²) in [5.41, 5.74) is 1.04. The quantitative estimate of drug-likeness (QED) is 0.747. The molecule has 0 saturated carbocycles. The molecule has 0 radical (unpaired) electrons. The van der Waals surface area contributed by atoms with Crippen LogP contribution in [0.25, 0.3) is 0 Å². The molecule has 0 spiro atoms. The minimum Gasteiger partial charge on any atom is -0.349 e. The normalized spacial score (nSPS) is 10.1. The predicted octanol–water partition coefficient (Wildman–Crippen LogP) is -0.156. The summed E-state index contributed by atoms with van der Waals surface area (Å²) in [4.78, 5) is 15.5. The number of rotatable bonds is 5. The van der Waals surface area contributed by atoms with E-state index in [4.69, 9.17) is 0 Å². The Morgan fingerprint density at radius 2 is 2.41 bits per heavy atom. The number of carbonyl (C=O) groups is 1. The number of tetrazole rings is 1. The van der Waals surface area contributed by atoms with Crippen LogP contribution < -0.4 is 5.32 Å². The summed E-state index contributed by atoms with van der Waals surface area (Å²) in [7, 11) is 0. The molecular formula is C10H12N6O. The number of nitrogens with zero attached hydrogens (tertiary/aromatic N) is 4. The lowest BCUT2D eigenvalue weighted by molar-refractivity contribution is -0.121. The molecule has 0 saturated heterocycles. The van der Waals surface area contributed by atoms with Gasteiger partial charge in [-0.25, -0.2) is 0 Å². The summed E-state index contributed by atoms with van der Waals surface area (Å²) in [6, 6.07) is 3.80. The van der Waals surface area contributed by atoms with Crippen LogP contribution in [0.4, 0.5) is 0 Å². The number of hydrogen-bond donors (Lipinski definition) is 2. The van der Waals surface area contributed by atoms with E-state index in [9.17, 15) is 4.79 Å². The highest BCUT2D eigenvalue weighted by Gasteiger charge is 2.04. The average molecular weight is 232 g/mol. The molecule has 88 valence electrons. The van der Waals surface area contributed by atoms with E-state index in [1.54, 1.807) is 12.4 Å². The molecule has 0 bridgehead atoms. The Balaban J connectivity index is 1.71. The smallest absolute Gasteiger partial charge is 0.220 e. The number of amides is 1. The molecule has 2 N–H and O–H groups in total. The first-order chi connectivity index (χ1) is 8.34. The van der Waals surface area contributed by atoms with E-state index in [1.807, 2.05) is 12.1 Å². The van der Waals surface area contributed by atoms with Gasteiger partial charge in [0.25, 0.3) is 0 Å². The van der Waals surface area contributed by atoms with Crippen LogP contribution in [0.5, 0.6) is 0 Å². The van der Waals surface area contributed by atoms with Crippen molar-refractivity contribution in [3.8, 4) is 0 Å². The van der Waals surface area contributed by atoms with E-state index in [0.717, 1.165) is 5.56 Å². The average Bonchev–Trinajstić information content (AvgIpc) is 2.88. The Labute approximate surface area is 97.7 Å². The highest BCUT2D eigenvalue weighted by molar-refractivity contribution is 5.76. The van der Waals surface area contributed by atoms with Crippen LogP contribution in [0.15, 0.2) is 24.5 Å². The number of aryl methyl sites for hydroxylation is 1. The first-order valence-corrected chi connectivity index (χ1v) is 5.22. The Morgan fingerprint density at radius 3 is 3.12 bits per heavy atom. The van der Waals surface area contributed by atoms with Crippen molar-refractivity contribution in [2.75, 3.05) is 0 Å². The van der Waals surface area contributed by atoms with E-state index < -0.39 is 0 Å². The molecule has 2 aromatic heterocycles. The van der Waals surface area contributed by atoms with E-state index in [2.05, 4.69) is 30.9 Å². The molecule has 0 atom stereocenters. The van der Waals surface area contributed by atoms with Crippen LogP contribution in [0, 0.1) is 0 Å². The van der Waals surface area contributed by atoms with Crippen LogP contribution in [0.1, 0.15) is 17.8 Å². The molecule has 0 aliphatic heterocycles. The minimum atomic E-state index is -0.0429. The second-order valence-electron chi connectivity index (χ2n) is 3.47. The third kappa shape index (κ3) is 3.63. The summed E-state index contributed by atoms with van der Waals surface area (Å²) >= 11 is 0. The van der Waals surface area contributed by atoms with Crippen molar-refractivity contribution in [3.63, 3.8) is 0 Å². The van der Waals surface area contributed by atoms with Crippen molar-refractivity contribution in [1.82, 2.24) is 30.9 Å². The van der Waals surface area contributed by atoms with Gasteiger partial charge < -0.3 is 5.32 Å². The summed E-state index contributed by atoms with van der Waals surface area (Å²) in [5, 5.41) is 15.9. The van der Waals surface area contributed by atoms with Gasteiger partial charge in [-0.15, -0.1) is 10.2 Å². The number of aromatic amines is 1. The van der Waals surface area contributed by atoms with Gasteiger partial charge in [0.15, 0.2) is 5.82 Å². The summed E-state index contributed by atoms with van der Waals surface area (Å²) in [6.07, 6.45) is 4.56. The van der Waals surface area contributed by atoms with Gasteiger partial charge in [-0.3, -0.25) is 9.78 Å². The number of aromatic nitrogens is 5. The van der Waals surface area contributed by atoms with Crippen LogP contribution in [0.2, 0.25) is 0 Å². The molecule has 1 amide bonds. The van der Waals surface area contributed by atoms with E-state index in [-0.39, 0.29) is 5.91 Å². The maximum absolute atomic E-state index is 11.5. The SMILES string of the molecule is O=C(CCc1cccnc1)NCc1nn[nH]n1. The molecule has 2 aromatic rings. The fourth-order valence-electron chi connectivity index (χ4n) is 1.33. The van der Waals surface area contributed by atoms with Crippen molar-refractivity contribution in [2.24, 2.45) is 0 Å². The minimum absolute atomic E-state index is 0.0429. The van der Waals surface area contributed by atoms with Crippen LogP contribution in [-0.4, -0.2) is 31.5 Å². The maximum Gasteiger partial charge on any atom is 0.220 e. The van der Waals surface area contributed by atoms with Gasteiger partial charge >= 0.3 is 0 Å². The number of hydrogen-bond acceptors (Lipinski definition) is 5. The van der Waals surface area contributed by atoms with E-state index >= 15 is 0 Å². The molecule has 17 heavy (non-hydrogen) atoms. The fraction of sp³-hybridized carbons (Fsp3) is 0.300. The molecule has 0 aliphatic rings. The van der Waals surface area contributed by atoms with Gasteiger partial charge in [0.05, 0.1) is 6.54 Å². The molecule has 0 fully saturated rings. The molecular weight excluding hydrogens is 220 g/mol. The molecule has 2 heterocycles. The van der Waals surface area contributed by atoms with Crippen molar-refractivity contribution < 1.29 is 4.79 Å². The molecule has 0 unspecified atom stereocenters. The largest absolute Gasteiger partial charge is 0.349 e. The number of H-pyrrole nitrogens is 1. The second kappa shape index (κ2) is 5.69. The van der Waals surface area contributed by atoms with Gasteiger partial charge in [-0.1, -0.05) is 11.3 Å². The van der Waals surface area contributed by atoms with Crippen molar-refractivity contribution in [1.29, 1.82) is 0 Å². The number of pyridine rings is 1. The van der Waals surface area contributed by atoms with Gasteiger partial charge in [0.2, 0.25) is 5.91 Å². The van der Waals surface area contributed by atoms with Gasteiger partial charge in [-0.2, -0.15) is 5.21 Å². The van der Waals surface area contributed by atoms with Crippen molar-refractivity contribution >= 4 is 5.91 Å². The highest BCUT2D eigenvalue weighted by atomic mass is 16.1. The summed E-state index contributed by atoms with van der Waals surface area (Å²) < 4.78 is 0. The Hall–Kier alpha value is -2.31. The lowest BCUT2D eigenvalue weighted by Gasteiger charge is -2.02. The molecule has 2 rings (SSSR count). The standard InChI is InChI=1S/C10H12N6O/c17-10(12-7-9-13-15-16-14-9)4-3-8-2-1-5-11-6-8/h1-2,5-6H,3-4,7H2,(H,12,17)(H,13,14,15,16). The monoisotopic (exact) mass is 232 g/mol. The van der Waals surface area contributed by atoms with Gasteiger partial charge in [0.1, 0.15) is 0 Å². The first kappa shape index (κ1) is 11.2. The zero-order valence-corrected chi connectivity index (χ0v) is 9.13. The lowest BCUT2D eigenvalue weighted by atomic mass is 10.1. The predicted molar refractivity (Wildman–Crippen MR) is 58.6 cm³/mol. The van der Waals surface area contributed by atoms with Gasteiger partial charge in [-0.05, 0) is 18.1 Å². The maximum atomic E-state index is 11.5. The topological polar surface area (TPSA) is 96.5 Å². The summed E-state index contributed by atoms with van der Waals surface area (Å²) in [5.74, 6) is 0.429. The number of nitrogens with one attached hydrogen (secondary N) is 2. The molecule has 0 aromatic carbocycles. The highest BCUT2D eigenvalue weighted by Crippen LogP contribution is 2.00. The third-order valence-electron chi connectivity index (χ3n) is 2.20. The molecule has 7 nitrogen and oxygen atoms in total. The van der Waals surface area contributed by atoms with Crippen LogP contribution >= 0.6 is 0 Å². The fourth-order valence-corrected chi connectivity index (χ4v) is 1.33.